The number of halogens is 2. The molecular formula is C26H28Cl2N6O3S. The van der Waals surface area contributed by atoms with Gasteiger partial charge in [-0.1, -0.05) is 29.3 Å². The molecule has 0 saturated heterocycles. The van der Waals surface area contributed by atoms with Crippen LogP contribution in [0.5, 0.6) is 0 Å². The van der Waals surface area contributed by atoms with Crippen molar-refractivity contribution in [3.05, 3.63) is 74.7 Å². The van der Waals surface area contributed by atoms with Crippen molar-refractivity contribution in [3.8, 4) is 0 Å². The lowest BCUT2D eigenvalue weighted by Crippen LogP contribution is -2.45. The number of pyridine rings is 1. The maximum absolute atomic E-state index is 13.9. The number of hydrogen-bond donors (Lipinski definition) is 1. The Morgan fingerprint density at radius 2 is 1.89 bits per heavy atom. The molecule has 2 aromatic heterocycles. The van der Waals surface area contributed by atoms with Crippen molar-refractivity contribution in [2.24, 2.45) is 0 Å². The largest absolute Gasteiger partial charge is 0.331 e. The van der Waals surface area contributed by atoms with E-state index in [9.17, 15) is 13.8 Å². The first-order chi connectivity index (χ1) is 17.9. The van der Waals surface area contributed by atoms with Gasteiger partial charge in [0.15, 0.2) is 0 Å². The van der Waals surface area contributed by atoms with Crippen LogP contribution in [-0.2, 0) is 22.7 Å². The van der Waals surface area contributed by atoms with E-state index in [1.807, 2.05) is 20.8 Å². The minimum absolute atomic E-state index is 0.0693. The molecule has 0 saturated carbocycles. The van der Waals surface area contributed by atoms with E-state index in [0.29, 0.717) is 34.3 Å². The Hall–Kier alpha value is -2.95. The van der Waals surface area contributed by atoms with Crippen LogP contribution >= 0.6 is 23.2 Å². The summed E-state index contributed by atoms with van der Waals surface area (Å²) in [6, 6.07) is 7.68. The molecule has 38 heavy (non-hydrogen) atoms. The highest BCUT2D eigenvalue weighted by Gasteiger charge is 2.40. The second kappa shape index (κ2) is 9.66. The molecule has 12 heteroatoms. The maximum Gasteiger partial charge on any atom is 0.273 e. The van der Waals surface area contributed by atoms with Gasteiger partial charge in [-0.15, -0.1) is 0 Å². The third-order valence-electron chi connectivity index (χ3n) is 7.32. The Labute approximate surface area is 231 Å². The molecule has 2 amide bonds. The zero-order valence-corrected chi connectivity index (χ0v) is 23.8. The molecular weight excluding hydrogens is 547 g/mol. The lowest BCUT2D eigenvalue weighted by Gasteiger charge is -2.37. The number of carbonyl (C=O) groups excluding carboxylic acids is 2. The Morgan fingerprint density at radius 3 is 2.53 bits per heavy atom. The van der Waals surface area contributed by atoms with Crippen molar-refractivity contribution in [1.29, 1.82) is 4.78 Å². The second-order valence-corrected chi connectivity index (χ2v) is 13.0. The summed E-state index contributed by atoms with van der Waals surface area (Å²) in [6.45, 7) is 6.63. The van der Waals surface area contributed by atoms with Crippen LogP contribution in [0.15, 0.2) is 41.6 Å². The molecule has 4 atom stereocenters. The lowest BCUT2D eigenvalue weighted by molar-refractivity contribution is 0.0574. The zero-order chi connectivity index (χ0) is 27.5. The fraction of sp³-hybridized carbons (Fsp3) is 0.385. The number of hydrogen-bond acceptors (Lipinski definition) is 6. The van der Waals surface area contributed by atoms with Gasteiger partial charge in [0.2, 0.25) is 0 Å². The number of rotatable bonds is 4. The van der Waals surface area contributed by atoms with Crippen LogP contribution < -0.4 is 0 Å². The van der Waals surface area contributed by atoms with Gasteiger partial charge in [0, 0.05) is 42.6 Å². The molecule has 0 radical (unpaired) electrons. The summed E-state index contributed by atoms with van der Waals surface area (Å²) in [4.78, 5) is 35.1. The van der Waals surface area contributed by atoms with E-state index in [-0.39, 0.29) is 41.5 Å². The Balaban J connectivity index is 1.46. The molecule has 9 nitrogen and oxygen atoms in total. The van der Waals surface area contributed by atoms with Gasteiger partial charge in [0.05, 0.1) is 44.1 Å². The molecule has 2 aliphatic rings. The van der Waals surface area contributed by atoms with E-state index in [1.165, 1.54) is 6.26 Å². The summed E-state index contributed by atoms with van der Waals surface area (Å²) < 4.78 is 21.6. The highest BCUT2D eigenvalue weighted by atomic mass is 35.5. The summed E-state index contributed by atoms with van der Waals surface area (Å²) in [5.74, 6) is -0.346. The number of aromatic nitrogens is 3. The fourth-order valence-corrected chi connectivity index (χ4v) is 6.02. The summed E-state index contributed by atoms with van der Waals surface area (Å²) in [6.07, 6.45) is 3.44. The predicted octanol–water partition coefficient (Wildman–Crippen LogP) is 4.99. The van der Waals surface area contributed by atoms with E-state index < -0.39 is 9.73 Å². The molecule has 3 aromatic rings. The van der Waals surface area contributed by atoms with Gasteiger partial charge < -0.3 is 9.80 Å². The van der Waals surface area contributed by atoms with Gasteiger partial charge >= 0.3 is 0 Å². The Kier molecular flexibility index (Phi) is 6.77. The number of nitrogens with one attached hydrogen (secondary N) is 1. The molecule has 1 N–H and O–H groups in total. The molecule has 0 spiro atoms. The molecule has 2 unspecified atom stereocenters. The van der Waals surface area contributed by atoms with E-state index in [1.54, 1.807) is 51.0 Å². The third kappa shape index (κ3) is 4.58. The van der Waals surface area contributed by atoms with Crippen LogP contribution in [0.2, 0.25) is 10.0 Å². The zero-order valence-electron chi connectivity index (χ0n) is 21.4. The van der Waals surface area contributed by atoms with Crippen molar-refractivity contribution in [3.63, 3.8) is 0 Å². The van der Waals surface area contributed by atoms with Gasteiger partial charge in [-0.2, -0.15) is 5.10 Å². The third-order valence-corrected chi connectivity index (χ3v) is 9.10. The normalized spacial score (nSPS) is 21.5. The summed E-state index contributed by atoms with van der Waals surface area (Å²) in [5, 5.41) is 5.70. The minimum atomic E-state index is -2.92. The van der Waals surface area contributed by atoms with Crippen LogP contribution in [0.3, 0.4) is 0 Å². The van der Waals surface area contributed by atoms with Crippen LogP contribution in [0, 0.1) is 4.78 Å². The molecule has 1 aromatic carbocycles. The highest BCUT2D eigenvalue weighted by Crippen LogP contribution is 2.35. The number of benzene rings is 1. The predicted molar refractivity (Wildman–Crippen MR) is 145 cm³/mol. The number of fused-ring (bicyclic) bond motifs is 3. The molecule has 5 rings (SSSR count). The van der Waals surface area contributed by atoms with Crippen molar-refractivity contribution in [2.75, 3.05) is 12.8 Å². The van der Waals surface area contributed by atoms with Gasteiger partial charge in [0.25, 0.3) is 11.8 Å². The first-order valence-corrected chi connectivity index (χ1v) is 15.0. The SMILES string of the molecule is CC(c1ccc(S(C)(=N)=O)nc1)N1C[C@@H](C)n2nc3c(c2C1=O)CN(C(=O)c1ccc(Cl)c(Cl)c1)[C@H](C)C3. The van der Waals surface area contributed by atoms with Crippen molar-refractivity contribution in [1.82, 2.24) is 24.6 Å². The first-order valence-electron chi connectivity index (χ1n) is 12.2. The van der Waals surface area contributed by atoms with Gasteiger partial charge in [-0.3, -0.25) is 14.3 Å². The van der Waals surface area contributed by atoms with Crippen LogP contribution in [-0.4, -0.2) is 59.4 Å². The van der Waals surface area contributed by atoms with Crippen molar-refractivity contribution < 1.29 is 13.8 Å². The van der Waals surface area contributed by atoms with Gasteiger partial charge in [-0.05, 0) is 50.6 Å². The van der Waals surface area contributed by atoms with E-state index in [4.69, 9.17) is 33.1 Å². The quantitative estimate of drug-likeness (QED) is 0.472. The van der Waals surface area contributed by atoms with Crippen LogP contribution in [0.4, 0.5) is 0 Å². The molecule has 0 fully saturated rings. The van der Waals surface area contributed by atoms with E-state index in [2.05, 4.69) is 4.98 Å². The molecule has 2 aliphatic heterocycles. The molecule has 0 aliphatic carbocycles. The second-order valence-electron chi connectivity index (χ2n) is 10.1. The molecule has 4 heterocycles. The number of nitrogens with zero attached hydrogens (tertiary/aromatic N) is 5. The summed E-state index contributed by atoms with van der Waals surface area (Å²) in [7, 11) is -2.92. The lowest BCUT2D eigenvalue weighted by atomic mass is 9.96. The standard InChI is InChI=1S/C26H28Cl2N6O3S/c1-14-9-22-19(13-32(14)25(35)17-5-7-20(27)21(28)10-17)24-26(36)33(12-15(2)34(24)31-22)16(3)18-6-8-23(30-11-18)38(4,29)37/h5-8,10-11,14-16,29H,9,12-13H2,1-4H3/t14-,15-,16?,38?/m1/s1. The van der Waals surface area contributed by atoms with Crippen molar-refractivity contribution in [2.45, 2.75) is 56.9 Å². The first kappa shape index (κ1) is 26.6. The molecule has 200 valence electrons. The van der Waals surface area contributed by atoms with Crippen LogP contribution in [0.25, 0.3) is 0 Å². The number of amides is 2. The summed E-state index contributed by atoms with van der Waals surface area (Å²) in [5.41, 5.74) is 3.31. The Bertz CT molecular complexity index is 1550. The van der Waals surface area contributed by atoms with E-state index >= 15 is 0 Å². The summed E-state index contributed by atoms with van der Waals surface area (Å²) >= 11 is 12.2. The molecule has 0 bridgehead atoms. The fourth-order valence-electron chi connectivity index (χ4n) is 5.14. The smallest absolute Gasteiger partial charge is 0.273 e. The van der Waals surface area contributed by atoms with Crippen molar-refractivity contribution >= 4 is 44.7 Å². The average molecular weight is 576 g/mol. The van der Waals surface area contributed by atoms with Crippen LogP contribution in [0.1, 0.15) is 70.5 Å². The minimum Gasteiger partial charge on any atom is -0.331 e. The van der Waals surface area contributed by atoms with E-state index in [0.717, 1.165) is 16.8 Å². The monoisotopic (exact) mass is 574 g/mol. The maximum atomic E-state index is 13.9. The van der Waals surface area contributed by atoms with Gasteiger partial charge in [-0.25, -0.2) is 14.0 Å². The highest BCUT2D eigenvalue weighted by molar-refractivity contribution is 7.91. The average Bonchev–Trinajstić information content (AvgIpc) is 3.25. The Morgan fingerprint density at radius 1 is 1.16 bits per heavy atom. The number of carbonyl (C=O) groups is 2. The van der Waals surface area contributed by atoms with Gasteiger partial charge in [0.1, 0.15) is 10.7 Å². The topological polar surface area (TPSA) is 112 Å².